The van der Waals surface area contributed by atoms with E-state index >= 15 is 0 Å². The number of benzene rings is 2. The molecule has 0 saturated carbocycles. The lowest BCUT2D eigenvalue weighted by atomic mass is 10.0. The van der Waals surface area contributed by atoms with Crippen LogP contribution in [-0.4, -0.2) is 53.9 Å². The molecule has 13 heteroatoms. The number of rotatable bonds is 5. The van der Waals surface area contributed by atoms with Crippen LogP contribution in [0.25, 0.3) is 28.2 Å². The number of aliphatic hydroxyl groups excluding tert-OH is 1. The molecule has 2 aliphatic heterocycles. The number of hydrogen-bond donors (Lipinski definition) is 2. The topological polar surface area (TPSA) is 133 Å². The molecule has 204 valence electrons. The molecule has 2 aliphatic rings. The summed E-state index contributed by atoms with van der Waals surface area (Å²) in [5.41, 5.74) is 2.85. The number of nitrogens with zero attached hydrogens (tertiary/aromatic N) is 4. The lowest BCUT2D eigenvalue weighted by Crippen LogP contribution is -2.37. The second-order valence-electron chi connectivity index (χ2n) is 10.1. The number of aliphatic hydroxyl groups is 1. The van der Waals surface area contributed by atoms with E-state index in [9.17, 15) is 14.5 Å². The van der Waals surface area contributed by atoms with Crippen molar-refractivity contribution in [1.82, 2.24) is 23.9 Å². The summed E-state index contributed by atoms with van der Waals surface area (Å²) in [4.78, 5) is 27.3. The van der Waals surface area contributed by atoms with Crippen LogP contribution in [0.4, 0.5) is 0 Å². The highest BCUT2D eigenvalue weighted by atomic mass is 32.2. The Labute approximate surface area is 233 Å². The highest BCUT2D eigenvalue weighted by molar-refractivity contribution is 7.99. The third-order valence-corrected chi connectivity index (χ3v) is 8.93. The summed E-state index contributed by atoms with van der Waals surface area (Å²) in [6, 6.07) is 17.7. The van der Waals surface area contributed by atoms with Crippen LogP contribution in [0.15, 0.2) is 75.6 Å². The van der Waals surface area contributed by atoms with E-state index in [2.05, 4.69) is 31.0 Å². The van der Waals surface area contributed by atoms with E-state index in [0.29, 0.717) is 16.9 Å². The molecule has 5 heterocycles. The summed E-state index contributed by atoms with van der Waals surface area (Å²) < 4.78 is 31.6. The summed E-state index contributed by atoms with van der Waals surface area (Å²) in [7, 11) is -2.36. The first-order valence-corrected chi connectivity index (χ1v) is 14.8. The molecular formula is C27H25N5O6PS+. The molecule has 0 aliphatic carbocycles. The zero-order valence-electron chi connectivity index (χ0n) is 21.5. The smallest absolute Gasteiger partial charge is 0.385 e. The van der Waals surface area contributed by atoms with Gasteiger partial charge in [0.2, 0.25) is 5.78 Å². The SMILES string of the molecule is CC(C)c1ccc(Sc2nc3c(=O)n4cc(-c5ccccc5)[nH]c4nc3n2[C@@H]2OC3CO[P+](=O)O[C@H]3[C@@H]2O)cc1. The van der Waals surface area contributed by atoms with Crippen LogP contribution < -0.4 is 5.56 Å². The third-order valence-electron chi connectivity index (χ3n) is 7.18. The van der Waals surface area contributed by atoms with Crippen molar-refractivity contribution in [3.63, 3.8) is 0 Å². The molecule has 2 fully saturated rings. The Bertz CT molecular complexity index is 1800. The minimum absolute atomic E-state index is 0.0105. The number of nitrogens with one attached hydrogen (secondary N) is 1. The number of aromatic nitrogens is 5. The molecule has 2 unspecified atom stereocenters. The average Bonchev–Trinajstić information content (AvgIpc) is 3.64. The number of H-pyrrole nitrogens is 1. The fourth-order valence-electron chi connectivity index (χ4n) is 5.06. The van der Waals surface area contributed by atoms with Gasteiger partial charge in [-0.3, -0.25) is 9.36 Å². The molecule has 2 aromatic carbocycles. The van der Waals surface area contributed by atoms with E-state index in [1.807, 2.05) is 42.5 Å². The van der Waals surface area contributed by atoms with Gasteiger partial charge < -0.3 is 14.8 Å². The summed E-state index contributed by atoms with van der Waals surface area (Å²) in [5.74, 6) is 0.707. The fraction of sp³-hybridized carbons (Fsp3) is 0.296. The summed E-state index contributed by atoms with van der Waals surface area (Å²) in [6.07, 6.45) is -2.00. The van der Waals surface area contributed by atoms with Crippen molar-refractivity contribution in [2.75, 3.05) is 6.61 Å². The molecule has 11 nitrogen and oxygen atoms in total. The first-order chi connectivity index (χ1) is 19.4. The molecule has 0 amide bonds. The van der Waals surface area contributed by atoms with Gasteiger partial charge in [0, 0.05) is 15.7 Å². The average molecular weight is 579 g/mol. The maximum absolute atomic E-state index is 13.7. The minimum Gasteiger partial charge on any atom is -0.385 e. The van der Waals surface area contributed by atoms with E-state index in [1.165, 1.54) is 21.7 Å². The van der Waals surface area contributed by atoms with Gasteiger partial charge in [0.25, 0.3) is 5.56 Å². The van der Waals surface area contributed by atoms with Crippen molar-refractivity contribution < 1.29 is 23.5 Å². The number of ether oxygens (including phenoxy) is 1. The molecule has 0 spiro atoms. The molecular weight excluding hydrogens is 553 g/mol. The number of aromatic amines is 1. The molecule has 5 aromatic rings. The van der Waals surface area contributed by atoms with Crippen molar-refractivity contribution >= 4 is 37.0 Å². The largest absolute Gasteiger partial charge is 0.697 e. The van der Waals surface area contributed by atoms with Crippen LogP contribution in [0.2, 0.25) is 0 Å². The highest BCUT2D eigenvalue weighted by Crippen LogP contribution is 2.44. The van der Waals surface area contributed by atoms with Gasteiger partial charge in [0.1, 0.15) is 18.8 Å². The van der Waals surface area contributed by atoms with Crippen LogP contribution in [0.1, 0.15) is 31.6 Å². The van der Waals surface area contributed by atoms with Crippen LogP contribution in [-0.2, 0) is 18.3 Å². The van der Waals surface area contributed by atoms with Crippen molar-refractivity contribution in [2.45, 2.75) is 54.4 Å². The second kappa shape index (κ2) is 9.91. The molecule has 0 radical (unpaired) electrons. The summed E-state index contributed by atoms with van der Waals surface area (Å²) in [6.45, 7) is 4.27. The van der Waals surface area contributed by atoms with Crippen LogP contribution in [0, 0.1) is 0 Å². The van der Waals surface area contributed by atoms with Gasteiger partial charge in [-0.25, -0.2) is 9.38 Å². The zero-order chi connectivity index (χ0) is 27.5. The van der Waals surface area contributed by atoms with E-state index in [1.54, 1.807) is 10.8 Å². The van der Waals surface area contributed by atoms with Crippen molar-refractivity contribution in [1.29, 1.82) is 0 Å². The minimum atomic E-state index is -2.36. The highest BCUT2D eigenvalue weighted by Gasteiger charge is 2.55. The molecule has 5 atom stereocenters. The predicted octanol–water partition coefficient (Wildman–Crippen LogP) is 4.65. The lowest BCUT2D eigenvalue weighted by Gasteiger charge is -2.19. The standard InChI is InChI=1S/C27H24N5O6PS/c1-14(2)15-8-10-17(11-9-15)40-27-29-20-23(32(27)25-21(33)22-19(37-25)13-36-39(35)38-22)30-26-28-18(12-31(26)24(20)34)16-6-4-3-5-7-16/h3-12,14,19,21-22,25,33H,13H2,1-2H3/p+1/t19?,21-,22+,25+/m0/s1. The number of hydrogen-bond acceptors (Lipinski definition) is 9. The summed E-state index contributed by atoms with van der Waals surface area (Å²) >= 11 is 1.33. The Kier molecular flexibility index (Phi) is 6.34. The third kappa shape index (κ3) is 4.28. The van der Waals surface area contributed by atoms with Crippen molar-refractivity contribution in [3.05, 3.63) is 76.7 Å². The van der Waals surface area contributed by atoms with Crippen LogP contribution in [0.3, 0.4) is 0 Å². The van der Waals surface area contributed by atoms with Gasteiger partial charge in [-0.05, 0) is 29.2 Å². The van der Waals surface area contributed by atoms with E-state index in [4.69, 9.17) is 23.8 Å². The Morgan fingerprint density at radius 1 is 1.12 bits per heavy atom. The molecule has 0 bridgehead atoms. The molecule has 7 rings (SSSR count). The molecule has 2 N–H and O–H groups in total. The first kappa shape index (κ1) is 25.6. The normalized spacial score (nSPS) is 23.9. The monoisotopic (exact) mass is 578 g/mol. The summed E-state index contributed by atoms with van der Waals surface area (Å²) in [5, 5.41) is 11.7. The molecule has 3 aromatic heterocycles. The molecule has 40 heavy (non-hydrogen) atoms. The van der Waals surface area contributed by atoms with Gasteiger partial charge in [0.05, 0.1) is 5.69 Å². The van der Waals surface area contributed by atoms with E-state index in [0.717, 1.165) is 16.2 Å². The Morgan fingerprint density at radius 3 is 2.65 bits per heavy atom. The van der Waals surface area contributed by atoms with Gasteiger partial charge in [-0.1, -0.05) is 68.1 Å². The van der Waals surface area contributed by atoms with E-state index in [-0.39, 0.29) is 23.3 Å². The van der Waals surface area contributed by atoms with E-state index < -0.39 is 32.8 Å². The quantitative estimate of drug-likeness (QED) is 0.286. The zero-order valence-corrected chi connectivity index (χ0v) is 23.2. The lowest BCUT2D eigenvalue weighted by molar-refractivity contribution is -0.0583. The van der Waals surface area contributed by atoms with Gasteiger partial charge in [-0.15, -0.1) is 9.05 Å². The maximum atomic E-state index is 13.7. The second-order valence-corrected chi connectivity index (χ2v) is 12.0. The Balaban J connectivity index is 1.38. The fourth-order valence-corrected chi connectivity index (χ4v) is 6.76. The Morgan fingerprint density at radius 2 is 1.90 bits per heavy atom. The van der Waals surface area contributed by atoms with Crippen molar-refractivity contribution in [2.24, 2.45) is 0 Å². The number of fused-ring (bicyclic) bond motifs is 3. The van der Waals surface area contributed by atoms with Crippen LogP contribution >= 0.6 is 20.0 Å². The van der Waals surface area contributed by atoms with Gasteiger partial charge in [0.15, 0.2) is 28.7 Å². The first-order valence-electron chi connectivity index (χ1n) is 12.8. The maximum Gasteiger partial charge on any atom is 0.697 e. The van der Waals surface area contributed by atoms with Crippen LogP contribution in [0.5, 0.6) is 0 Å². The van der Waals surface area contributed by atoms with Crippen molar-refractivity contribution in [3.8, 4) is 11.3 Å². The molecule has 2 saturated heterocycles. The predicted molar refractivity (Wildman–Crippen MR) is 148 cm³/mol. The van der Waals surface area contributed by atoms with Gasteiger partial charge in [-0.2, -0.15) is 4.98 Å². The number of imidazole rings is 2. The van der Waals surface area contributed by atoms with Gasteiger partial charge >= 0.3 is 8.25 Å². The Hall–Kier alpha value is -3.38.